The van der Waals surface area contributed by atoms with E-state index in [4.69, 9.17) is 28.2 Å². The fraction of sp³-hybridized carbons (Fsp3) is 0.0625. The second-order valence-electron chi connectivity index (χ2n) is 5.08. The standard InChI is InChI=1S/C16H10ClN5OS3/c1-2-7-22-12-11(25-16(22)24)14(19-8-18-12)26-15-21-20-13(23-15)9-3-5-10(17)6-4-9/h2-6,8H,1,7H2. The third-order valence-electron chi connectivity index (χ3n) is 3.41. The van der Waals surface area contributed by atoms with Crippen molar-refractivity contribution in [3.63, 3.8) is 0 Å². The molecule has 0 saturated carbocycles. The van der Waals surface area contributed by atoms with Gasteiger partial charge in [-0.3, -0.25) is 0 Å². The molecule has 0 N–H and O–H groups in total. The SMILES string of the molecule is C=CCn1c(=S)sc2c(Sc3nnc(-c4ccc(Cl)cc4)o3)ncnc21. The molecule has 4 rings (SSSR count). The van der Waals surface area contributed by atoms with Crippen molar-refractivity contribution in [2.24, 2.45) is 0 Å². The Morgan fingerprint density at radius 1 is 1.27 bits per heavy atom. The fourth-order valence-corrected chi connectivity index (χ4v) is 4.54. The third kappa shape index (κ3) is 3.30. The highest BCUT2D eigenvalue weighted by atomic mass is 35.5. The molecule has 3 aromatic heterocycles. The van der Waals surface area contributed by atoms with Crippen molar-refractivity contribution >= 4 is 57.3 Å². The maximum Gasteiger partial charge on any atom is 0.283 e. The number of hydrogen-bond acceptors (Lipinski definition) is 8. The summed E-state index contributed by atoms with van der Waals surface area (Å²) in [6.45, 7) is 4.36. The summed E-state index contributed by atoms with van der Waals surface area (Å²) in [7, 11) is 0. The van der Waals surface area contributed by atoms with Gasteiger partial charge < -0.3 is 8.98 Å². The van der Waals surface area contributed by atoms with Crippen molar-refractivity contribution in [2.75, 3.05) is 0 Å². The molecule has 0 radical (unpaired) electrons. The molecule has 0 spiro atoms. The number of halogens is 1. The van der Waals surface area contributed by atoms with E-state index in [1.807, 2.05) is 16.7 Å². The summed E-state index contributed by atoms with van der Waals surface area (Å²) < 4.78 is 9.26. The number of hydrogen-bond donors (Lipinski definition) is 0. The monoisotopic (exact) mass is 419 g/mol. The lowest BCUT2D eigenvalue weighted by Gasteiger charge is -2.00. The first-order valence-electron chi connectivity index (χ1n) is 7.38. The highest BCUT2D eigenvalue weighted by Crippen LogP contribution is 2.35. The van der Waals surface area contributed by atoms with Crippen LogP contribution in [0, 0.1) is 3.95 Å². The van der Waals surface area contributed by atoms with E-state index in [9.17, 15) is 0 Å². The number of allylic oxidation sites excluding steroid dienone is 1. The van der Waals surface area contributed by atoms with Crippen molar-refractivity contribution in [2.45, 2.75) is 16.8 Å². The van der Waals surface area contributed by atoms with Crippen LogP contribution in [0.15, 0.2) is 57.9 Å². The van der Waals surface area contributed by atoms with E-state index in [2.05, 4.69) is 26.7 Å². The molecule has 0 aliphatic heterocycles. The fourth-order valence-electron chi connectivity index (χ4n) is 2.26. The van der Waals surface area contributed by atoms with Crippen LogP contribution < -0.4 is 0 Å². The van der Waals surface area contributed by atoms with Crippen LogP contribution in [-0.4, -0.2) is 24.7 Å². The molecule has 3 heterocycles. The Labute approximate surface area is 166 Å². The van der Waals surface area contributed by atoms with Gasteiger partial charge in [-0.2, -0.15) is 0 Å². The Bertz CT molecular complexity index is 1150. The lowest BCUT2D eigenvalue weighted by Crippen LogP contribution is -1.96. The second kappa shape index (κ2) is 7.28. The van der Waals surface area contributed by atoms with E-state index >= 15 is 0 Å². The van der Waals surface area contributed by atoms with E-state index in [0.717, 1.165) is 24.9 Å². The van der Waals surface area contributed by atoms with Gasteiger partial charge >= 0.3 is 0 Å². The van der Waals surface area contributed by atoms with Crippen molar-refractivity contribution < 1.29 is 4.42 Å². The zero-order valence-corrected chi connectivity index (χ0v) is 16.3. The first-order chi connectivity index (χ1) is 12.7. The Balaban J connectivity index is 1.68. The van der Waals surface area contributed by atoms with Crippen LogP contribution in [0.5, 0.6) is 0 Å². The molecule has 0 amide bonds. The largest absolute Gasteiger partial charge is 0.411 e. The minimum absolute atomic E-state index is 0.393. The average molecular weight is 420 g/mol. The summed E-state index contributed by atoms with van der Waals surface area (Å²) in [6.07, 6.45) is 3.29. The molecule has 6 nitrogen and oxygen atoms in total. The molecule has 0 saturated heterocycles. The van der Waals surface area contributed by atoms with Gasteiger partial charge in [0, 0.05) is 17.1 Å². The van der Waals surface area contributed by atoms with E-state index in [1.54, 1.807) is 18.2 Å². The number of thiazole rings is 1. The lowest BCUT2D eigenvalue weighted by molar-refractivity contribution is 0.465. The van der Waals surface area contributed by atoms with Gasteiger partial charge in [0.2, 0.25) is 5.89 Å². The molecule has 26 heavy (non-hydrogen) atoms. The van der Waals surface area contributed by atoms with Crippen molar-refractivity contribution in [1.82, 2.24) is 24.7 Å². The number of fused-ring (bicyclic) bond motifs is 1. The minimum atomic E-state index is 0.393. The highest BCUT2D eigenvalue weighted by Gasteiger charge is 2.16. The van der Waals surface area contributed by atoms with Gasteiger partial charge in [0.05, 0.1) is 0 Å². The van der Waals surface area contributed by atoms with Gasteiger partial charge in [0.1, 0.15) is 16.1 Å². The molecule has 10 heteroatoms. The van der Waals surface area contributed by atoms with Gasteiger partial charge in [-0.15, -0.1) is 28.1 Å². The molecule has 0 atom stereocenters. The molecule has 0 aliphatic carbocycles. The van der Waals surface area contributed by atoms with E-state index < -0.39 is 0 Å². The normalized spacial score (nSPS) is 11.1. The number of benzene rings is 1. The topological polar surface area (TPSA) is 69.6 Å². The lowest BCUT2D eigenvalue weighted by atomic mass is 10.2. The van der Waals surface area contributed by atoms with Crippen LogP contribution in [0.4, 0.5) is 0 Å². The summed E-state index contributed by atoms with van der Waals surface area (Å²) >= 11 is 14.1. The van der Waals surface area contributed by atoms with Crippen LogP contribution in [0.2, 0.25) is 5.02 Å². The maximum atomic E-state index is 5.90. The molecule has 4 aromatic rings. The quantitative estimate of drug-likeness (QED) is 0.248. The van der Waals surface area contributed by atoms with Crippen molar-refractivity contribution in [3.05, 3.63) is 52.2 Å². The van der Waals surface area contributed by atoms with Crippen LogP contribution in [0.3, 0.4) is 0 Å². The number of aromatic nitrogens is 5. The smallest absolute Gasteiger partial charge is 0.283 e. The molecule has 1 aromatic carbocycles. The van der Waals surface area contributed by atoms with Crippen LogP contribution in [-0.2, 0) is 6.54 Å². The Hall–Kier alpha value is -2.07. The summed E-state index contributed by atoms with van der Waals surface area (Å²) in [5.41, 5.74) is 1.57. The van der Waals surface area contributed by atoms with E-state index in [1.165, 1.54) is 29.4 Å². The van der Waals surface area contributed by atoms with Gasteiger partial charge in [0.15, 0.2) is 9.60 Å². The second-order valence-corrected chi connectivity index (χ2v) is 8.10. The molecular weight excluding hydrogens is 410 g/mol. The summed E-state index contributed by atoms with van der Waals surface area (Å²) in [5.74, 6) is 0.423. The average Bonchev–Trinajstić information content (AvgIpc) is 3.22. The number of rotatable bonds is 5. The van der Waals surface area contributed by atoms with Crippen LogP contribution >= 0.6 is 46.9 Å². The summed E-state index contributed by atoms with van der Waals surface area (Å²) in [6, 6.07) is 7.20. The number of nitrogens with zero attached hydrogens (tertiary/aromatic N) is 5. The molecule has 130 valence electrons. The third-order valence-corrected chi connectivity index (χ3v) is 6.08. The first-order valence-corrected chi connectivity index (χ1v) is 9.80. The van der Waals surface area contributed by atoms with Crippen molar-refractivity contribution in [3.8, 4) is 11.5 Å². The Morgan fingerprint density at radius 3 is 2.85 bits per heavy atom. The Kier molecular flexibility index (Phi) is 4.86. The zero-order chi connectivity index (χ0) is 18.1. The molecule has 0 bridgehead atoms. The molecular formula is C16H10ClN5OS3. The first kappa shape index (κ1) is 17.3. The molecule has 0 fully saturated rings. The highest BCUT2D eigenvalue weighted by molar-refractivity contribution is 7.99. The van der Waals surface area contributed by atoms with Gasteiger partial charge in [0.25, 0.3) is 5.22 Å². The van der Waals surface area contributed by atoms with Crippen molar-refractivity contribution in [1.29, 1.82) is 0 Å². The maximum absolute atomic E-state index is 5.90. The summed E-state index contributed by atoms with van der Waals surface area (Å²) in [4.78, 5) is 8.68. The molecule has 0 aliphatic rings. The van der Waals surface area contributed by atoms with Gasteiger partial charge in [-0.1, -0.05) is 17.7 Å². The Morgan fingerprint density at radius 2 is 2.08 bits per heavy atom. The van der Waals surface area contributed by atoms with Gasteiger partial charge in [-0.05, 0) is 48.2 Å². The predicted octanol–water partition coefficient (Wildman–Crippen LogP) is 5.26. The van der Waals surface area contributed by atoms with Crippen LogP contribution in [0.25, 0.3) is 21.8 Å². The predicted molar refractivity (Wildman–Crippen MR) is 105 cm³/mol. The van der Waals surface area contributed by atoms with E-state index in [-0.39, 0.29) is 0 Å². The molecule has 0 unspecified atom stereocenters. The van der Waals surface area contributed by atoms with E-state index in [0.29, 0.717) is 22.7 Å². The summed E-state index contributed by atoms with van der Waals surface area (Å²) in [5, 5.41) is 9.94. The minimum Gasteiger partial charge on any atom is -0.411 e. The van der Waals surface area contributed by atoms with Gasteiger partial charge in [-0.25, -0.2) is 9.97 Å². The zero-order valence-electron chi connectivity index (χ0n) is 13.1. The van der Waals surface area contributed by atoms with Crippen LogP contribution in [0.1, 0.15) is 0 Å².